The first-order chi connectivity index (χ1) is 16.9. The topological polar surface area (TPSA) is 54.8 Å². The molecule has 0 saturated heterocycles. The van der Waals surface area contributed by atoms with Crippen LogP contribution in [0.25, 0.3) is 0 Å². The number of carbonyl (C=O) groups excluding carboxylic acids is 2. The Morgan fingerprint density at radius 2 is 1.66 bits per heavy atom. The first-order valence-corrected chi connectivity index (χ1v) is 12.2. The molecule has 0 atom stereocenters. The van der Waals surface area contributed by atoms with E-state index < -0.39 is 0 Å². The van der Waals surface area contributed by atoms with Gasteiger partial charge in [0, 0.05) is 44.2 Å². The van der Waals surface area contributed by atoms with Crippen molar-refractivity contribution in [2.45, 2.75) is 33.9 Å². The minimum Gasteiger partial charge on any atom is -0.383 e. The zero-order chi connectivity index (χ0) is 25.2. The molecule has 3 rings (SSSR count). The molecule has 3 aromatic rings. The Bertz CT molecular complexity index is 1070. The van der Waals surface area contributed by atoms with Crippen molar-refractivity contribution in [3.8, 4) is 0 Å². The van der Waals surface area contributed by atoms with Gasteiger partial charge < -0.3 is 19.1 Å². The molecule has 1 heterocycles. The fourth-order valence-corrected chi connectivity index (χ4v) is 4.02. The lowest BCUT2D eigenvalue weighted by molar-refractivity contribution is -0.133. The number of hydrogen-bond donors (Lipinski definition) is 0. The molecule has 1 aromatic heterocycles. The van der Waals surface area contributed by atoms with Crippen LogP contribution in [-0.2, 0) is 22.6 Å². The van der Waals surface area contributed by atoms with Crippen molar-refractivity contribution in [1.82, 2.24) is 14.4 Å². The summed E-state index contributed by atoms with van der Waals surface area (Å²) in [5, 5.41) is 0. The van der Waals surface area contributed by atoms with Crippen LogP contribution in [0.3, 0.4) is 0 Å². The molecule has 0 saturated carbocycles. The second-order valence-electron chi connectivity index (χ2n) is 9.37. The number of benzene rings is 2. The molecule has 0 spiro atoms. The first-order valence-electron chi connectivity index (χ1n) is 12.2. The summed E-state index contributed by atoms with van der Waals surface area (Å²) in [4.78, 5) is 30.2. The Hall–Kier alpha value is -3.38. The van der Waals surface area contributed by atoms with Crippen LogP contribution in [0.1, 0.15) is 41.0 Å². The summed E-state index contributed by atoms with van der Waals surface area (Å²) in [6.45, 7) is 8.73. The molecule has 0 aliphatic rings. The fourth-order valence-electron chi connectivity index (χ4n) is 4.02. The number of ether oxygens (including phenoxy) is 1. The Labute approximate surface area is 209 Å². The largest absolute Gasteiger partial charge is 0.383 e. The lowest BCUT2D eigenvalue weighted by atomic mass is 10.1. The molecule has 186 valence electrons. The maximum Gasteiger partial charge on any atom is 0.254 e. The minimum atomic E-state index is -0.119. The monoisotopic (exact) mass is 475 g/mol. The van der Waals surface area contributed by atoms with Gasteiger partial charge in [0.2, 0.25) is 5.91 Å². The number of aromatic nitrogens is 1. The van der Waals surface area contributed by atoms with E-state index in [1.54, 1.807) is 16.9 Å². The molecule has 0 aliphatic heterocycles. The van der Waals surface area contributed by atoms with Gasteiger partial charge in [0.1, 0.15) is 6.54 Å². The van der Waals surface area contributed by atoms with E-state index in [0.717, 1.165) is 17.8 Å². The van der Waals surface area contributed by atoms with Gasteiger partial charge in [0.05, 0.1) is 13.2 Å². The average molecular weight is 476 g/mol. The van der Waals surface area contributed by atoms with Crippen molar-refractivity contribution in [2.75, 3.05) is 33.4 Å². The third kappa shape index (κ3) is 7.82. The maximum absolute atomic E-state index is 13.5. The van der Waals surface area contributed by atoms with E-state index in [1.807, 2.05) is 67.7 Å². The molecule has 0 unspecified atom stereocenters. The average Bonchev–Trinajstić information content (AvgIpc) is 3.28. The van der Waals surface area contributed by atoms with Gasteiger partial charge in [-0.05, 0) is 42.7 Å². The molecule has 0 bridgehead atoms. The zero-order valence-corrected chi connectivity index (χ0v) is 21.3. The van der Waals surface area contributed by atoms with E-state index in [9.17, 15) is 9.59 Å². The Kier molecular flexibility index (Phi) is 9.67. The smallest absolute Gasteiger partial charge is 0.254 e. The lowest BCUT2D eigenvalue weighted by Gasteiger charge is -2.29. The molecule has 0 radical (unpaired) electrons. The Morgan fingerprint density at radius 1 is 0.943 bits per heavy atom. The third-order valence-electron chi connectivity index (χ3n) is 5.89. The summed E-state index contributed by atoms with van der Waals surface area (Å²) < 4.78 is 7.44. The Morgan fingerprint density at radius 3 is 2.31 bits per heavy atom. The molecule has 6 heteroatoms. The van der Waals surface area contributed by atoms with Crippen LogP contribution in [0.5, 0.6) is 0 Å². The zero-order valence-electron chi connectivity index (χ0n) is 21.3. The van der Waals surface area contributed by atoms with Gasteiger partial charge in [-0.2, -0.15) is 0 Å². The van der Waals surface area contributed by atoms with Crippen LogP contribution < -0.4 is 0 Å². The van der Waals surface area contributed by atoms with E-state index in [1.165, 1.54) is 5.56 Å². The third-order valence-corrected chi connectivity index (χ3v) is 5.89. The maximum atomic E-state index is 13.5. The van der Waals surface area contributed by atoms with Gasteiger partial charge in [-0.15, -0.1) is 0 Å². The van der Waals surface area contributed by atoms with Crippen molar-refractivity contribution in [1.29, 1.82) is 0 Å². The summed E-state index contributed by atoms with van der Waals surface area (Å²) in [5.74, 6) is 0.0366. The number of hydrogen-bond acceptors (Lipinski definition) is 3. The number of rotatable bonds is 12. The van der Waals surface area contributed by atoms with Crippen molar-refractivity contribution in [3.05, 3.63) is 95.3 Å². The number of carbonyl (C=O) groups is 2. The predicted molar refractivity (Wildman–Crippen MR) is 139 cm³/mol. The number of nitrogens with zero attached hydrogens (tertiary/aromatic N) is 3. The second-order valence-corrected chi connectivity index (χ2v) is 9.37. The van der Waals surface area contributed by atoms with Gasteiger partial charge in [-0.3, -0.25) is 9.59 Å². The molecule has 0 fully saturated rings. The van der Waals surface area contributed by atoms with Crippen molar-refractivity contribution in [2.24, 2.45) is 5.92 Å². The van der Waals surface area contributed by atoms with Gasteiger partial charge in [-0.25, -0.2) is 0 Å². The Balaban J connectivity index is 1.76. The molecule has 35 heavy (non-hydrogen) atoms. The quantitative estimate of drug-likeness (QED) is 0.384. The molecule has 0 aliphatic carbocycles. The van der Waals surface area contributed by atoms with E-state index in [-0.39, 0.29) is 24.3 Å². The normalized spacial score (nSPS) is 11.0. The van der Waals surface area contributed by atoms with Crippen LogP contribution >= 0.6 is 0 Å². The number of methoxy groups -OCH3 is 1. The van der Waals surface area contributed by atoms with Crippen LogP contribution in [0.2, 0.25) is 0 Å². The first kappa shape index (κ1) is 26.2. The summed E-state index contributed by atoms with van der Waals surface area (Å²) in [6.07, 6.45) is 2.04. The molecule has 2 aromatic carbocycles. The molecular weight excluding hydrogens is 438 g/mol. The van der Waals surface area contributed by atoms with Crippen molar-refractivity contribution >= 4 is 11.8 Å². The second kappa shape index (κ2) is 12.9. The van der Waals surface area contributed by atoms with Crippen LogP contribution in [-0.4, -0.2) is 59.5 Å². The number of amides is 2. The summed E-state index contributed by atoms with van der Waals surface area (Å²) >= 11 is 0. The molecular formula is C29H37N3O3. The van der Waals surface area contributed by atoms with E-state index in [2.05, 4.69) is 30.5 Å². The summed E-state index contributed by atoms with van der Waals surface area (Å²) in [6, 6.07) is 21.8. The van der Waals surface area contributed by atoms with Crippen molar-refractivity contribution < 1.29 is 14.3 Å². The van der Waals surface area contributed by atoms with Gasteiger partial charge in [0.25, 0.3) is 5.91 Å². The summed E-state index contributed by atoms with van der Waals surface area (Å²) in [7, 11) is 1.63. The molecule has 6 nitrogen and oxygen atoms in total. The van der Waals surface area contributed by atoms with Crippen LogP contribution in [0, 0.1) is 12.8 Å². The lowest BCUT2D eigenvalue weighted by Crippen LogP contribution is -2.45. The van der Waals surface area contributed by atoms with Gasteiger partial charge in [0.15, 0.2) is 0 Å². The predicted octanol–water partition coefficient (Wildman–Crippen LogP) is 4.62. The molecule has 0 N–H and O–H groups in total. The number of aryl methyl sites for hydroxylation is 1. The van der Waals surface area contributed by atoms with E-state index in [0.29, 0.717) is 31.8 Å². The van der Waals surface area contributed by atoms with E-state index in [4.69, 9.17) is 4.74 Å². The van der Waals surface area contributed by atoms with E-state index >= 15 is 0 Å². The molecule has 2 amide bonds. The standard InChI is InChI=1S/C29H37N3O3/c1-23(2)19-32(29(34)26-14-12-24(3)13-15-26)22-28(33)31(17-18-35-4)21-27-11-8-16-30(27)20-25-9-6-5-7-10-25/h5-16,23H,17-22H2,1-4H3. The van der Waals surface area contributed by atoms with Crippen LogP contribution in [0.15, 0.2) is 72.9 Å². The highest BCUT2D eigenvalue weighted by molar-refractivity contribution is 5.96. The minimum absolute atomic E-state index is 0.0357. The van der Waals surface area contributed by atoms with Crippen LogP contribution in [0.4, 0.5) is 0 Å². The van der Waals surface area contributed by atoms with Crippen molar-refractivity contribution in [3.63, 3.8) is 0 Å². The summed E-state index contributed by atoms with van der Waals surface area (Å²) in [5.41, 5.74) is 3.94. The highest BCUT2D eigenvalue weighted by Crippen LogP contribution is 2.14. The fraction of sp³-hybridized carbons (Fsp3) is 0.379. The SMILES string of the molecule is COCCN(Cc1cccn1Cc1ccccc1)C(=O)CN(CC(C)C)C(=O)c1ccc(C)cc1. The van der Waals surface area contributed by atoms with Gasteiger partial charge in [-0.1, -0.05) is 61.9 Å². The highest BCUT2D eigenvalue weighted by Gasteiger charge is 2.24. The van der Waals surface area contributed by atoms with Gasteiger partial charge >= 0.3 is 0 Å². The highest BCUT2D eigenvalue weighted by atomic mass is 16.5.